The van der Waals surface area contributed by atoms with Crippen molar-refractivity contribution in [2.45, 2.75) is 43.7 Å². The number of hydrogen-bond acceptors (Lipinski definition) is 6. The largest absolute Gasteiger partial charge is 0.487 e. The zero-order chi connectivity index (χ0) is 23.0. The van der Waals surface area contributed by atoms with Crippen molar-refractivity contribution in [1.29, 1.82) is 0 Å². The van der Waals surface area contributed by atoms with Gasteiger partial charge in [-0.2, -0.15) is 4.31 Å². The van der Waals surface area contributed by atoms with E-state index in [1.165, 1.54) is 21.7 Å². The standard InChI is InChI=1S/C21H30N2O6S2/c1-15-12-23(16(2)14-24)31(27,28)21-10-9-18(8-7-17-5-6-17)11-19(21)29-20(15)13-22(3)30(4,25)26/h9-11,15-17,20,24H,5-6,12-14H2,1-4H3/t15-,16-,20+/m0/s1. The zero-order valence-electron chi connectivity index (χ0n) is 18.3. The number of rotatable bonds is 5. The van der Waals surface area contributed by atoms with Crippen LogP contribution in [-0.4, -0.2) is 75.7 Å². The maximum atomic E-state index is 13.4. The fourth-order valence-corrected chi connectivity index (χ4v) is 5.57. The van der Waals surface area contributed by atoms with Gasteiger partial charge in [0.05, 0.1) is 19.4 Å². The molecule has 0 aromatic heterocycles. The molecule has 172 valence electrons. The maximum Gasteiger partial charge on any atom is 0.247 e. The molecule has 2 aliphatic rings. The molecule has 3 rings (SSSR count). The fourth-order valence-electron chi connectivity index (χ4n) is 3.32. The first-order valence-electron chi connectivity index (χ1n) is 10.3. The number of fused-ring (bicyclic) bond motifs is 1. The van der Waals surface area contributed by atoms with Crippen LogP contribution < -0.4 is 4.74 Å². The van der Waals surface area contributed by atoms with Crippen LogP contribution in [0.15, 0.2) is 23.1 Å². The Hall–Kier alpha value is -1.64. The molecule has 1 N–H and O–H groups in total. The van der Waals surface area contributed by atoms with Crippen molar-refractivity contribution in [1.82, 2.24) is 8.61 Å². The molecular formula is C21H30N2O6S2. The minimum absolute atomic E-state index is 0.0105. The number of likely N-dealkylation sites (N-methyl/N-ethyl adjacent to an activating group) is 1. The predicted molar refractivity (Wildman–Crippen MR) is 118 cm³/mol. The van der Waals surface area contributed by atoms with Gasteiger partial charge in [-0.05, 0) is 38.0 Å². The Morgan fingerprint density at radius 2 is 2.03 bits per heavy atom. The van der Waals surface area contributed by atoms with Gasteiger partial charge in [0.2, 0.25) is 20.0 Å². The predicted octanol–water partition coefficient (Wildman–Crippen LogP) is 1.11. The highest BCUT2D eigenvalue weighted by Crippen LogP contribution is 2.34. The smallest absolute Gasteiger partial charge is 0.247 e. The van der Waals surface area contributed by atoms with Crippen molar-refractivity contribution in [2.75, 3.05) is 33.0 Å². The quantitative estimate of drug-likeness (QED) is 0.647. The molecule has 1 aliphatic carbocycles. The topological polar surface area (TPSA) is 104 Å². The van der Waals surface area contributed by atoms with Crippen molar-refractivity contribution in [2.24, 2.45) is 11.8 Å². The number of aliphatic hydroxyl groups excluding tert-OH is 1. The lowest BCUT2D eigenvalue weighted by Gasteiger charge is -2.37. The molecule has 0 spiro atoms. The Morgan fingerprint density at radius 3 is 2.61 bits per heavy atom. The summed E-state index contributed by atoms with van der Waals surface area (Å²) in [4.78, 5) is -0.0105. The molecule has 0 amide bonds. The van der Waals surface area contributed by atoms with E-state index in [1.54, 1.807) is 19.1 Å². The summed E-state index contributed by atoms with van der Waals surface area (Å²) in [5.74, 6) is 6.43. The number of ether oxygens (including phenoxy) is 1. The Bertz CT molecular complexity index is 1090. The van der Waals surface area contributed by atoms with Crippen LogP contribution in [0.2, 0.25) is 0 Å². The van der Waals surface area contributed by atoms with Crippen molar-refractivity contribution in [3.8, 4) is 17.6 Å². The SMILES string of the molecule is C[C@H]1CN([C@@H](C)CO)S(=O)(=O)c2ccc(C#CC3CC3)cc2O[C@@H]1CN(C)S(C)(=O)=O. The minimum atomic E-state index is -3.93. The van der Waals surface area contributed by atoms with Crippen molar-refractivity contribution < 1.29 is 26.7 Å². The first kappa shape index (κ1) is 24.0. The minimum Gasteiger partial charge on any atom is -0.487 e. The molecule has 8 nitrogen and oxygen atoms in total. The molecule has 1 heterocycles. The third kappa shape index (κ3) is 5.59. The van der Waals surface area contributed by atoms with Gasteiger partial charge in [0.1, 0.15) is 16.7 Å². The monoisotopic (exact) mass is 470 g/mol. The van der Waals surface area contributed by atoms with Gasteiger partial charge >= 0.3 is 0 Å². The number of benzene rings is 1. The Labute approximate surface area is 185 Å². The van der Waals surface area contributed by atoms with Gasteiger partial charge in [0.25, 0.3) is 0 Å². The van der Waals surface area contributed by atoms with E-state index in [1.807, 2.05) is 6.92 Å². The summed E-state index contributed by atoms with van der Waals surface area (Å²) < 4.78 is 59.3. The van der Waals surface area contributed by atoms with E-state index in [-0.39, 0.29) is 36.3 Å². The number of aliphatic hydroxyl groups is 1. The van der Waals surface area contributed by atoms with Gasteiger partial charge in [-0.15, -0.1) is 0 Å². The molecule has 0 saturated heterocycles. The second-order valence-corrected chi connectivity index (χ2v) is 12.4. The highest BCUT2D eigenvalue weighted by Gasteiger charge is 2.38. The summed E-state index contributed by atoms with van der Waals surface area (Å²) in [5.41, 5.74) is 0.644. The first-order valence-corrected chi connectivity index (χ1v) is 13.6. The summed E-state index contributed by atoms with van der Waals surface area (Å²) >= 11 is 0. The van der Waals surface area contributed by atoms with E-state index in [2.05, 4.69) is 11.8 Å². The normalized spacial score (nSPS) is 24.8. The van der Waals surface area contributed by atoms with Gasteiger partial charge in [-0.3, -0.25) is 0 Å². The maximum absolute atomic E-state index is 13.4. The number of sulfonamides is 2. The summed E-state index contributed by atoms with van der Waals surface area (Å²) in [5, 5.41) is 9.66. The molecule has 0 bridgehead atoms. The summed E-state index contributed by atoms with van der Waals surface area (Å²) in [7, 11) is -5.91. The van der Waals surface area contributed by atoms with E-state index in [4.69, 9.17) is 4.74 Å². The third-order valence-electron chi connectivity index (χ3n) is 5.67. The molecule has 1 aromatic carbocycles. The molecular weight excluding hydrogens is 440 g/mol. The molecule has 0 radical (unpaired) electrons. The van der Waals surface area contributed by atoms with Crippen LogP contribution in [0.3, 0.4) is 0 Å². The zero-order valence-corrected chi connectivity index (χ0v) is 19.9. The molecule has 1 aliphatic heterocycles. The van der Waals surface area contributed by atoms with Crippen LogP contribution >= 0.6 is 0 Å². The van der Waals surface area contributed by atoms with E-state index in [0.717, 1.165) is 19.1 Å². The van der Waals surface area contributed by atoms with E-state index in [0.29, 0.717) is 11.5 Å². The lowest BCUT2D eigenvalue weighted by atomic mass is 10.0. The van der Waals surface area contributed by atoms with E-state index in [9.17, 15) is 21.9 Å². The van der Waals surface area contributed by atoms with Gasteiger partial charge < -0.3 is 9.84 Å². The van der Waals surface area contributed by atoms with Crippen LogP contribution in [0.5, 0.6) is 5.75 Å². The van der Waals surface area contributed by atoms with Gasteiger partial charge in [0, 0.05) is 37.0 Å². The molecule has 1 aromatic rings. The summed E-state index contributed by atoms with van der Waals surface area (Å²) in [6.07, 6.45) is 2.68. The van der Waals surface area contributed by atoms with Gasteiger partial charge in [0.15, 0.2) is 0 Å². The highest BCUT2D eigenvalue weighted by molar-refractivity contribution is 7.89. The second kappa shape index (κ2) is 9.08. The molecule has 0 unspecified atom stereocenters. The van der Waals surface area contributed by atoms with Crippen molar-refractivity contribution in [3.05, 3.63) is 23.8 Å². The van der Waals surface area contributed by atoms with Crippen molar-refractivity contribution in [3.63, 3.8) is 0 Å². The second-order valence-electron chi connectivity index (χ2n) is 8.49. The Morgan fingerprint density at radius 1 is 1.35 bits per heavy atom. The molecule has 1 fully saturated rings. The average Bonchev–Trinajstić information content (AvgIpc) is 3.52. The first-order chi connectivity index (χ1) is 14.4. The Kier molecular flexibility index (Phi) is 7.03. The van der Waals surface area contributed by atoms with E-state index >= 15 is 0 Å². The van der Waals surface area contributed by atoms with Crippen LogP contribution in [0, 0.1) is 23.7 Å². The average molecular weight is 471 g/mol. The number of nitrogens with zero attached hydrogens (tertiary/aromatic N) is 2. The van der Waals surface area contributed by atoms with Crippen LogP contribution in [0.25, 0.3) is 0 Å². The van der Waals surface area contributed by atoms with Gasteiger partial charge in [-0.25, -0.2) is 21.1 Å². The summed E-state index contributed by atoms with van der Waals surface area (Å²) in [6, 6.07) is 4.10. The highest BCUT2D eigenvalue weighted by atomic mass is 32.2. The van der Waals surface area contributed by atoms with Crippen LogP contribution in [0.4, 0.5) is 0 Å². The summed E-state index contributed by atoms with van der Waals surface area (Å²) in [6.45, 7) is 3.28. The molecule has 10 heteroatoms. The lowest BCUT2D eigenvalue weighted by Crippen LogP contribution is -2.50. The molecule has 31 heavy (non-hydrogen) atoms. The van der Waals surface area contributed by atoms with E-state index < -0.39 is 32.2 Å². The van der Waals surface area contributed by atoms with Crippen LogP contribution in [0.1, 0.15) is 32.3 Å². The van der Waals surface area contributed by atoms with Crippen molar-refractivity contribution >= 4 is 20.0 Å². The number of hydrogen-bond donors (Lipinski definition) is 1. The van der Waals surface area contributed by atoms with Gasteiger partial charge in [-0.1, -0.05) is 18.8 Å². The third-order valence-corrected chi connectivity index (χ3v) is 8.97. The lowest BCUT2D eigenvalue weighted by molar-refractivity contribution is 0.0905. The van der Waals surface area contributed by atoms with Crippen LogP contribution in [-0.2, 0) is 20.0 Å². The molecule has 3 atom stereocenters. The Balaban J connectivity index is 2.07. The molecule has 1 saturated carbocycles. The fraction of sp³-hybridized carbons (Fsp3) is 0.619.